The number of carbonyl (C=O) groups is 1. The minimum absolute atomic E-state index is 0.0809. The maximum Gasteiger partial charge on any atom is 0.224 e. The Hall–Kier alpha value is -2.03. The van der Waals surface area contributed by atoms with E-state index in [1.54, 1.807) is 0 Å². The standard InChI is InChI=1S/C18H22N2O/c1-13-10-16(14(2)20(13)17-8-9-17)12-19-18(21)11-15-6-4-3-5-7-15/h3-7,10,17H,8-9,11-12H2,1-2H3,(H,19,21). The van der Waals surface area contributed by atoms with Gasteiger partial charge in [0.25, 0.3) is 0 Å². The SMILES string of the molecule is Cc1cc(CNC(=O)Cc2ccccc2)c(C)n1C1CC1. The van der Waals surface area contributed by atoms with Gasteiger partial charge in [0, 0.05) is 24.0 Å². The third kappa shape index (κ3) is 3.18. The lowest BCUT2D eigenvalue weighted by Gasteiger charge is -2.08. The Balaban J connectivity index is 1.60. The van der Waals surface area contributed by atoms with E-state index in [9.17, 15) is 4.79 Å². The van der Waals surface area contributed by atoms with Crippen molar-refractivity contribution in [1.82, 2.24) is 9.88 Å². The number of benzene rings is 1. The molecule has 3 nitrogen and oxygen atoms in total. The molecule has 2 aromatic rings. The first-order chi connectivity index (χ1) is 10.1. The number of carbonyl (C=O) groups excluding carboxylic acids is 1. The van der Waals surface area contributed by atoms with Gasteiger partial charge in [-0.05, 0) is 43.9 Å². The molecule has 0 spiro atoms. The molecule has 21 heavy (non-hydrogen) atoms. The van der Waals surface area contributed by atoms with Crippen LogP contribution in [0.25, 0.3) is 0 Å². The molecule has 0 unspecified atom stereocenters. The van der Waals surface area contributed by atoms with E-state index in [1.165, 1.54) is 29.8 Å². The zero-order chi connectivity index (χ0) is 14.8. The minimum atomic E-state index is 0.0809. The monoisotopic (exact) mass is 282 g/mol. The average molecular weight is 282 g/mol. The summed E-state index contributed by atoms with van der Waals surface area (Å²) in [5.74, 6) is 0.0809. The van der Waals surface area contributed by atoms with Crippen LogP contribution in [0.4, 0.5) is 0 Å². The summed E-state index contributed by atoms with van der Waals surface area (Å²) in [4.78, 5) is 12.0. The van der Waals surface area contributed by atoms with E-state index in [0.29, 0.717) is 19.0 Å². The first-order valence-electron chi connectivity index (χ1n) is 7.63. The lowest BCUT2D eigenvalue weighted by atomic mass is 10.1. The fourth-order valence-electron chi connectivity index (χ4n) is 2.96. The Bertz CT molecular complexity index is 639. The number of hydrogen-bond acceptors (Lipinski definition) is 1. The molecular formula is C18H22N2O. The number of aromatic nitrogens is 1. The Morgan fingerprint density at radius 1 is 1.24 bits per heavy atom. The Morgan fingerprint density at radius 2 is 1.95 bits per heavy atom. The number of aryl methyl sites for hydroxylation is 1. The van der Waals surface area contributed by atoms with Gasteiger partial charge in [0.1, 0.15) is 0 Å². The van der Waals surface area contributed by atoms with Crippen molar-refractivity contribution < 1.29 is 4.79 Å². The first-order valence-corrected chi connectivity index (χ1v) is 7.63. The van der Waals surface area contributed by atoms with Crippen molar-refractivity contribution in [2.45, 2.75) is 45.7 Å². The van der Waals surface area contributed by atoms with Gasteiger partial charge in [0.2, 0.25) is 5.91 Å². The molecule has 1 fully saturated rings. The highest BCUT2D eigenvalue weighted by molar-refractivity contribution is 5.78. The third-order valence-electron chi connectivity index (χ3n) is 4.18. The van der Waals surface area contributed by atoms with Crippen LogP contribution < -0.4 is 5.32 Å². The molecule has 110 valence electrons. The van der Waals surface area contributed by atoms with Crippen LogP contribution in [0.5, 0.6) is 0 Å². The molecule has 1 amide bonds. The minimum Gasteiger partial charge on any atom is -0.352 e. The molecule has 0 bridgehead atoms. The van der Waals surface area contributed by atoms with Crippen molar-refractivity contribution >= 4 is 5.91 Å². The topological polar surface area (TPSA) is 34.0 Å². The highest BCUT2D eigenvalue weighted by atomic mass is 16.1. The van der Waals surface area contributed by atoms with Gasteiger partial charge < -0.3 is 9.88 Å². The molecule has 1 heterocycles. The predicted molar refractivity (Wildman–Crippen MR) is 84.2 cm³/mol. The molecule has 1 aromatic carbocycles. The van der Waals surface area contributed by atoms with Crippen LogP contribution in [0.1, 0.15) is 41.4 Å². The summed E-state index contributed by atoms with van der Waals surface area (Å²) in [6.45, 7) is 4.93. The molecule has 0 radical (unpaired) electrons. The maximum absolute atomic E-state index is 12.0. The second kappa shape index (κ2) is 5.76. The molecule has 0 saturated heterocycles. The van der Waals surface area contributed by atoms with Crippen LogP contribution in [0, 0.1) is 13.8 Å². The van der Waals surface area contributed by atoms with Gasteiger partial charge >= 0.3 is 0 Å². The summed E-state index contributed by atoms with van der Waals surface area (Å²) in [5.41, 5.74) is 4.90. The zero-order valence-corrected chi connectivity index (χ0v) is 12.7. The number of amides is 1. The lowest BCUT2D eigenvalue weighted by Crippen LogP contribution is -2.24. The lowest BCUT2D eigenvalue weighted by molar-refractivity contribution is -0.120. The normalized spacial score (nSPS) is 14.2. The molecule has 1 saturated carbocycles. The summed E-state index contributed by atoms with van der Waals surface area (Å²) in [6.07, 6.45) is 3.02. The van der Waals surface area contributed by atoms with Crippen LogP contribution in [0.2, 0.25) is 0 Å². The second-order valence-corrected chi connectivity index (χ2v) is 5.94. The van der Waals surface area contributed by atoms with Crippen molar-refractivity contribution in [2.75, 3.05) is 0 Å². The van der Waals surface area contributed by atoms with Gasteiger partial charge in [-0.3, -0.25) is 4.79 Å². The zero-order valence-electron chi connectivity index (χ0n) is 12.7. The molecule has 3 heteroatoms. The van der Waals surface area contributed by atoms with Crippen LogP contribution in [-0.2, 0) is 17.8 Å². The van der Waals surface area contributed by atoms with Crippen molar-refractivity contribution in [3.8, 4) is 0 Å². The Kier molecular flexibility index (Phi) is 3.82. The molecule has 1 aliphatic rings. The second-order valence-electron chi connectivity index (χ2n) is 5.94. The van der Waals surface area contributed by atoms with E-state index >= 15 is 0 Å². The molecular weight excluding hydrogens is 260 g/mol. The molecule has 3 rings (SSSR count). The Labute approximate surface area is 126 Å². The highest BCUT2D eigenvalue weighted by Gasteiger charge is 2.26. The summed E-state index contributed by atoms with van der Waals surface area (Å²) in [5, 5.41) is 3.04. The van der Waals surface area contributed by atoms with Crippen LogP contribution in [0.3, 0.4) is 0 Å². The number of rotatable bonds is 5. The smallest absolute Gasteiger partial charge is 0.224 e. The quantitative estimate of drug-likeness (QED) is 0.897. The van der Waals surface area contributed by atoms with Gasteiger partial charge in [-0.1, -0.05) is 30.3 Å². The average Bonchev–Trinajstić information content (AvgIpc) is 3.25. The molecule has 1 aromatic heterocycles. The molecule has 0 aliphatic heterocycles. The van der Waals surface area contributed by atoms with E-state index in [-0.39, 0.29) is 5.91 Å². The fraction of sp³-hybridized carbons (Fsp3) is 0.389. The molecule has 1 aliphatic carbocycles. The Morgan fingerprint density at radius 3 is 2.62 bits per heavy atom. The van der Waals surface area contributed by atoms with E-state index in [1.807, 2.05) is 30.3 Å². The maximum atomic E-state index is 12.0. The van der Waals surface area contributed by atoms with E-state index in [4.69, 9.17) is 0 Å². The summed E-state index contributed by atoms with van der Waals surface area (Å²) in [7, 11) is 0. The van der Waals surface area contributed by atoms with E-state index in [0.717, 1.165) is 5.56 Å². The van der Waals surface area contributed by atoms with Crippen molar-refractivity contribution in [3.05, 3.63) is 58.9 Å². The van der Waals surface area contributed by atoms with Crippen LogP contribution >= 0.6 is 0 Å². The largest absolute Gasteiger partial charge is 0.352 e. The summed E-state index contributed by atoms with van der Waals surface area (Å²) in [6, 6.07) is 12.8. The van der Waals surface area contributed by atoms with Gasteiger partial charge in [0.15, 0.2) is 0 Å². The van der Waals surface area contributed by atoms with Gasteiger partial charge in [-0.15, -0.1) is 0 Å². The van der Waals surface area contributed by atoms with Gasteiger partial charge in [-0.2, -0.15) is 0 Å². The number of hydrogen-bond donors (Lipinski definition) is 1. The molecule has 0 atom stereocenters. The van der Waals surface area contributed by atoms with E-state index < -0.39 is 0 Å². The first kappa shape index (κ1) is 13.9. The van der Waals surface area contributed by atoms with Crippen molar-refractivity contribution in [3.63, 3.8) is 0 Å². The number of nitrogens with zero attached hydrogens (tertiary/aromatic N) is 1. The number of nitrogens with one attached hydrogen (secondary N) is 1. The van der Waals surface area contributed by atoms with Crippen molar-refractivity contribution in [1.29, 1.82) is 0 Å². The summed E-state index contributed by atoms with van der Waals surface area (Å²) >= 11 is 0. The predicted octanol–water partition coefficient (Wildman–Crippen LogP) is 3.30. The van der Waals surface area contributed by atoms with Crippen molar-refractivity contribution in [2.24, 2.45) is 0 Å². The van der Waals surface area contributed by atoms with Gasteiger partial charge in [0.05, 0.1) is 6.42 Å². The highest BCUT2D eigenvalue weighted by Crippen LogP contribution is 2.38. The third-order valence-corrected chi connectivity index (χ3v) is 4.18. The fourth-order valence-corrected chi connectivity index (χ4v) is 2.96. The van der Waals surface area contributed by atoms with Crippen LogP contribution in [0.15, 0.2) is 36.4 Å². The molecule has 1 N–H and O–H groups in total. The summed E-state index contributed by atoms with van der Waals surface area (Å²) < 4.78 is 2.42. The van der Waals surface area contributed by atoms with Gasteiger partial charge in [-0.25, -0.2) is 0 Å². The van der Waals surface area contributed by atoms with Crippen LogP contribution in [-0.4, -0.2) is 10.5 Å². The van der Waals surface area contributed by atoms with E-state index in [2.05, 4.69) is 29.8 Å².